The van der Waals surface area contributed by atoms with Gasteiger partial charge in [-0.05, 0) is 48.9 Å². The van der Waals surface area contributed by atoms with E-state index in [0.29, 0.717) is 24.3 Å². The second kappa shape index (κ2) is 7.04. The average molecular weight is 281 g/mol. The Morgan fingerprint density at radius 3 is 2.60 bits per heavy atom. The fourth-order valence-electron chi connectivity index (χ4n) is 2.72. The van der Waals surface area contributed by atoms with E-state index >= 15 is 0 Å². The van der Waals surface area contributed by atoms with Gasteiger partial charge in [0.2, 0.25) is 0 Å². The fourth-order valence-corrected chi connectivity index (χ4v) is 2.72. The van der Waals surface area contributed by atoms with Crippen molar-refractivity contribution in [3.05, 3.63) is 30.1 Å². The molecule has 4 heteroatoms. The monoisotopic (exact) mass is 281 g/mol. The minimum absolute atomic E-state index is 0.218. The lowest BCUT2D eigenvalue weighted by Crippen LogP contribution is -2.39. The third-order valence-electron chi connectivity index (χ3n) is 4.34. The van der Waals surface area contributed by atoms with E-state index in [4.69, 9.17) is 4.74 Å². The molecule has 4 atom stereocenters. The molecular weight excluding hydrogens is 257 g/mol. The SMILES string of the molecule is CC1CCC(NCC(O)COc2ccc(F)cc2)C1C. The summed E-state index contributed by atoms with van der Waals surface area (Å²) in [6.07, 6.45) is 1.87. The average Bonchev–Trinajstić information content (AvgIpc) is 2.76. The Labute approximate surface area is 120 Å². The molecule has 1 aromatic rings. The zero-order valence-corrected chi connectivity index (χ0v) is 12.2. The molecule has 4 unspecified atom stereocenters. The van der Waals surface area contributed by atoms with Crippen molar-refractivity contribution in [2.24, 2.45) is 11.8 Å². The van der Waals surface area contributed by atoms with Crippen LogP contribution in [0.2, 0.25) is 0 Å². The van der Waals surface area contributed by atoms with Crippen LogP contribution in [0.3, 0.4) is 0 Å². The molecule has 1 aliphatic carbocycles. The van der Waals surface area contributed by atoms with Gasteiger partial charge in [-0.1, -0.05) is 13.8 Å². The minimum atomic E-state index is -0.553. The van der Waals surface area contributed by atoms with Gasteiger partial charge in [-0.3, -0.25) is 0 Å². The molecule has 0 aromatic heterocycles. The van der Waals surface area contributed by atoms with Crippen molar-refractivity contribution >= 4 is 0 Å². The Morgan fingerprint density at radius 1 is 1.30 bits per heavy atom. The molecule has 0 heterocycles. The number of aliphatic hydroxyl groups is 1. The molecule has 20 heavy (non-hydrogen) atoms. The lowest BCUT2D eigenvalue weighted by atomic mass is 9.98. The molecule has 2 N–H and O–H groups in total. The van der Waals surface area contributed by atoms with Crippen molar-refractivity contribution in [2.75, 3.05) is 13.2 Å². The van der Waals surface area contributed by atoms with Gasteiger partial charge in [-0.2, -0.15) is 0 Å². The Morgan fingerprint density at radius 2 is 2.00 bits per heavy atom. The third kappa shape index (κ3) is 4.18. The van der Waals surface area contributed by atoms with Crippen molar-refractivity contribution in [1.29, 1.82) is 0 Å². The number of benzene rings is 1. The summed E-state index contributed by atoms with van der Waals surface area (Å²) < 4.78 is 18.2. The second-order valence-electron chi connectivity index (χ2n) is 5.85. The molecule has 3 nitrogen and oxygen atoms in total. The smallest absolute Gasteiger partial charge is 0.123 e. The van der Waals surface area contributed by atoms with Crippen LogP contribution in [0, 0.1) is 17.7 Å². The van der Waals surface area contributed by atoms with E-state index in [1.54, 1.807) is 12.1 Å². The Bertz CT molecular complexity index is 409. The summed E-state index contributed by atoms with van der Waals surface area (Å²) in [6, 6.07) is 6.32. The van der Waals surface area contributed by atoms with Gasteiger partial charge in [-0.25, -0.2) is 4.39 Å². The molecule has 0 amide bonds. The molecule has 0 saturated heterocycles. The second-order valence-corrected chi connectivity index (χ2v) is 5.85. The van der Waals surface area contributed by atoms with Gasteiger partial charge in [0, 0.05) is 12.6 Å². The summed E-state index contributed by atoms with van der Waals surface area (Å²) in [5.41, 5.74) is 0. The van der Waals surface area contributed by atoms with E-state index in [2.05, 4.69) is 19.2 Å². The molecule has 2 rings (SSSR count). The first-order valence-corrected chi connectivity index (χ1v) is 7.36. The zero-order chi connectivity index (χ0) is 14.5. The van der Waals surface area contributed by atoms with Crippen molar-refractivity contribution in [1.82, 2.24) is 5.32 Å². The van der Waals surface area contributed by atoms with Crippen LogP contribution in [-0.2, 0) is 0 Å². The first-order chi connectivity index (χ1) is 9.56. The van der Waals surface area contributed by atoms with E-state index in [0.717, 1.165) is 5.92 Å². The lowest BCUT2D eigenvalue weighted by molar-refractivity contribution is 0.102. The molecule has 1 fully saturated rings. The first-order valence-electron chi connectivity index (χ1n) is 7.36. The van der Waals surface area contributed by atoms with Crippen LogP contribution in [-0.4, -0.2) is 30.4 Å². The maximum Gasteiger partial charge on any atom is 0.123 e. The van der Waals surface area contributed by atoms with Crippen molar-refractivity contribution in [3.8, 4) is 5.75 Å². The lowest BCUT2D eigenvalue weighted by Gasteiger charge is -2.21. The number of rotatable bonds is 6. The van der Waals surface area contributed by atoms with Gasteiger partial charge in [-0.15, -0.1) is 0 Å². The topological polar surface area (TPSA) is 41.5 Å². The van der Waals surface area contributed by atoms with Crippen molar-refractivity contribution < 1.29 is 14.2 Å². The van der Waals surface area contributed by atoms with Crippen molar-refractivity contribution in [2.45, 2.75) is 38.8 Å². The maximum absolute atomic E-state index is 12.7. The number of aliphatic hydroxyl groups excluding tert-OH is 1. The molecule has 1 aliphatic rings. The van der Waals surface area contributed by atoms with E-state index in [1.807, 2.05) is 0 Å². The Hall–Kier alpha value is -1.13. The number of ether oxygens (including phenoxy) is 1. The summed E-state index contributed by atoms with van der Waals surface area (Å²) in [5, 5.41) is 13.3. The van der Waals surface area contributed by atoms with Gasteiger partial charge < -0.3 is 15.2 Å². The highest BCUT2D eigenvalue weighted by Gasteiger charge is 2.29. The summed E-state index contributed by atoms with van der Waals surface area (Å²) in [4.78, 5) is 0. The summed E-state index contributed by atoms with van der Waals surface area (Å²) in [5.74, 6) is 1.69. The number of nitrogens with one attached hydrogen (secondary N) is 1. The van der Waals surface area contributed by atoms with Crippen LogP contribution in [0.5, 0.6) is 5.75 Å². The highest BCUT2D eigenvalue weighted by atomic mass is 19.1. The Balaban J connectivity index is 1.68. The largest absolute Gasteiger partial charge is 0.491 e. The van der Waals surface area contributed by atoms with Crippen LogP contribution in [0.15, 0.2) is 24.3 Å². The summed E-state index contributed by atoms with van der Waals surface area (Å²) in [6.45, 7) is 5.29. The van der Waals surface area contributed by atoms with E-state index < -0.39 is 6.10 Å². The molecule has 0 bridgehead atoms. The van der Waals surface area contributed by atoms with Crippen LogP contribution < -0.4 is 10.1 Å². The Kier molecular flexibility index (Phi) is 5.38. The van der Waals surface area contributed by atoms with Crippen LogP contribution in [0.1, 0.15) is 26.7 Å². The van der Waals surface area contributed by atoms with Gasteiger partial charge in [0.1, 0.15) is 24.3 Å². The van der Waals surface area contributed by atoms with E-state index in [-0.39, 0.29) is 12.4 Å². The first kappa shape index (κ1) is 15.3. The fraction of sp³-hybridized carbons (Fsp3) is 0.625. The molecule has 0 radical (unpaired) electrons. The maximum atomic E-state index is 12.7. The van der Waals surface area contributed by atoms with Crippen LogP contribution in [0.25, 0.3) is 0 Å². The van der Waals surface area contributed by atoms with E-state index in [9.17, 15) is 9.50 Å². The van der Waals surface area contributed by atoms with Crippen LogP contribution >= 0.6 is 0 Å². The third-order valence-corrected chi connectivity index (χ3v) is 4.34. The molecule has 1 saturated carbocycles. The van der Waals surface area contributed by atoms with Gasteiger partial charge in [0.25, 0.3) is 0 Å². The number of hydrogen-bond donors (Lipinski definition) is 2. The van der Waals surface area contributed by atoms with Crippen LogP contribution in [0.4, 0.5) is 4.39 Å². The molecule has 0 aliphatic heterocycles. The highest BCUT2D eigenvalue weighted by molar-refractivity contribution is 5.22. The van der Waals surface area contributed by atoms with Gasteiger partial charge >= 0.3 is 0 Å². The molecule has 1 aromatic carbocycles. The van der Waals surface area contributed by atoms with Gasteiger partial charge in [0.15, 0.2) is 0 Å². The van der Waals surface area contributed by atoms with E-state index in [1.165, 1.54) is 25.0 Å². The zero-order valence-electron chi connectivity index (χ0n) is 12.2. The normalized spacial score (nSPS) is 27.5. The number of halogens is 1. The highest BCUT2D eigenvalue weighted by Crippen LogP contribution is 2.30. The van der Waals surface area contributed by atoms with Crippen molar-refractivity contribution in [3.63, 3.8) is 0 Å². The number of hydrogen-bond acceptors (Lipinski definition) is 3. The molecule has 0 spiro atoms. The predicted molar refractivity (Wildman–Crippen MR) is 77.3 cm³/mol. The molecular formula is C16H24FNO2. The summed E-state index contributed by atoms with van der Waals surface area (Å²) in [7, 11) is 0. The quantitative estimate of drug-likeness (QED) is 0.842. The predicted octanol–water partition coefficient (Wildman–Crippen LogP) is 2.59. The summed E-state index contributed by atoms with van der Waals surface area (Å²) >= 11 is 0. The van der Waals surface area contributed by atoms with Gasteiger partial charge in [0.05, 0.1) is 0 Å². The molecule has 112 valence electrons. The standard InChI is InChI=1S/C16H24FNO2/c1-11-3-8-16(12(11)2)18-9-14(19)10-20-15-6-4-13(17)5-7-15/h4-7,11-12,14,16,18-19H,3,8-10H2,1-2H3. The minimum Gasteiger partial charge on any atom is -0.491 e.